The lowest BCUT2D eigenvalue weighted by Gasteiger charge is -2.37. The molecule has 0 aliphatic carbocycles. The predicted molar refractivity (Wildman–Crippen MR) is 140 cm³/mol. The largest absolute Gasteiger partial charge is 0.355 e. The highest BCUT2D eigenvalue weighted by atomic mass is 127. The molecule has 172 valence electrons. The molecular weight excluding hydrogens is 501 g/mol. The van der Waals surface area contributed by atoms with E-state index in [1.54, 1.807) is 0 Å². The van der Waals surface area contributed by atoms with Crippen LogP contribution >= 0.6 is 24.0 Å². The van der Waals surface area contributed by atoms with Crippen LogP contribution in [0.5, 0.6) is 0 Å². The van der Waals surface area contributed by atoms with Crippen molar-refractivity contribution in [2.24, 2.45) is 4.99 Å². The fourth-order valence-electron chi connectivity index (χ4n) is 4.03. The van der Waals surface area contributed by atoms with Gasteiger partial charge in [0, 0.05) is 58.1 Å². The van der Waals surface area contributed by atoms with E-state index in [4.69, 9.17) is 0 Å². The number of aliphatic imine (C=N–C) groups is 1. The van der Waals surface area contributed by atoms with E-state index >= 15 is 0 Å². The third-order valence-electron chi connectivity index (χ3n) is 5.94. The highest BCUT2D eigenvalue weighted by Gasteiger charge is 2.20. The molecule has 1 aliphatic rings. The summed E-state index contributed by atoms with van der Waals surface area (Å²) in [5, 5.41) is 11.6. The van der Waals surface area contributed by atoms with Crippen LogP contribution in [0.2, 0.25) is 0 Å². The second kappa shape index (κ2) is 12.4. The number of guanidine groups is 1. The topological polar surface area (TPSA) is 60.7 Å². The maximum atomic E-state index is 4.65. The van der Waals surface area contributed by atoms with E-state index in [0.717, 1.165) is 62.3 Å². The van der Waals surface area contributed by atoms with Crippen molar-refractivity contribution in [3.63, 3.8) is 0 Å². The average Bonchev–Trinajstić information content (AvgIpc) is 3.11. The molecule has 2 heterocycles. The molecule has 1 unspecified atom stereocenters. The summed E-state index contributed by atoms with van der Waals surface area (Å²) in [4.78, 5) is 9.49. The molecule has 0 spiro atoms. The number of aromatic nitrogens is 2. The predicted octanol–water partition coefficient (Wildman–Crippen LogP) is 2.80. The number of piperazine rings is 1. The zero-order chi connectivity index (χ0) is 21.5. The Kier molecular flexibility index (Phi) is 10.2. The molecule has 1 aromatic carbocycles. The van der Waals surface area contributed by atoms with Gasteiger partial charge in [0.2, 0.25) is 0 Å². The molecule has 2 aromatic rings. The first-order valence-corrected chi connectivity index (χ1v) is 11.0. The number of hydrogen-bond acceptors (Lipinski definition) is 4. The first-order chi connectivity index (χ1) is 14.5. The van der Waals surface area contributed by atoms with Gasteiger partial charge in [-0.05, 0) is 45.0 Å². The fourth-order valence-corrected chi connectivity index (χ4v) is 4.03. The minimum Gasteiger partial charge on any atom is -0.355 e. The third-order valence-corrected chi connectivity index (χ3v) is 5.94. The van der Waals surface area contributed by atoms with Crippen molar-refractivity contribution in [1.82, 2.24) is 30.2 Å². The van der Waals surface area contributed by atoms with Crippen molar-refractivity contribution < 1.29 is 0 Å². The number of hydrogen-bond donors (Lipinski definition) is 2. The molecule has 0 bridgehead atoms. The van der Waals surface area contributed by atoms with Gasteiger partial charge in [0.05, 0.1) is 11.4 Å². The van der Waals surface area contributed by atoms with E-state index in [1.165, 1.54) is 5.56 Å². The Morgan fingerprint density at radius 3 is 2.45 bits per heavy atom. The molecule has 2 N–H and O–H groups in total. The Morgan fingerprint density at radius 2 is 1.84 bits per heavy atom. The lowest BCUT2D eigenvalue weighted by Crippen LogP contribution is -2.53. The number of likely N-dealkylation sites (N-methyl/N-ethyl adjacent to an activating group) is 1. The summed E-state index contributed by atoms with van der Waals surface area (Å²) in [5.41, 5.74) is 4.46. The van der Waals surface area contributed by atoms with Crippen LogP contribution in [0.25, 0.3) is 5.69 Å². The molecule has 0 radical (unpaired) electrons. The Balaban J connectivity index is 0.00000341. The summed E-state index contributed by atoms with van der Waals surface area (Å²) in [5.74, 6) is 0.831. The standard InChI is InChI=1S/C23H37N7.HI/c1-6-28-11-13-29(14-12-28)20(4)16-25-23(24-5)26-17-21-9-7-8-10-22(21)30-19(3)15-18(2)27-30;/h7-10,15,20H,6,11-14,16-17H2,1-5H3,(H2,24,25,26);1H. The van der Waals surface area contributed by atoms with Gasteiger partial charge in [-0.25, -0.2) is 4.68 Å². The molecule has 1 aliphatic heterocycles. The summed E-state index contributed by atoms with van der Waals surface area (Å²) in [7, 11) is 1.83. The normalized spacial score (nSPS) is 16.6. The number of nitrogens with zero attached hydrogens (tertiary/aromatic N) is 5. The van der Waals surface area contributed by atoms with E-state index in [2.05, 4.69) is 81.6 Å². The molecule has 1 saturated heterocycles. The molecular formula is C23H38IN7. The molecule has 3 rings (SSSR count). The Morgan fingerprint density at radius 1 is 1.13 bits per heavy atom. The highest BCUT2D eigenvalue weighted by Crippen LogP contribution is 2.16. The number of rotatable bonds is 7. The smallest absolute Gasteiger partial charge is 0.191 e. The van der Waals surface area contributed by atoms with Crippen LogP contribution < -0.4 is 10.6 Å². The number of aryl methyl sites for hydroxylation is 2. The Hall–Kier alpha value is -1.65. The van der Waals surface area contributed by atoms with E-state index in [9.17, 15) is 0 Å². The van der Waals surface area contributed by atoms with Crippen LogP contribution in [0.1, 0.15) is 30.8 Å². The van der Waals surface area contributed by atoms with E-state index in [1.807, 2.05) is 18.7 Å². The lowest BCUT2D eigenvalue weighted by molar-refractivity contribution is 0.107. The molecule has 31 heavy (non-hydrogen) atoms. The van der Waals surface area contributed by atoms with Gasteiger partial charge in [0.1, 0.15) is 0 Å². The number of benzene rings is 1. The summed E-state index contributed by atoms with van der Waals surface area (Å²) < 4.78 is 2.01. The van der Waals surface area contributed by atoms with Gasteiger partial charge < -0.3 is 15.5 Å². The quantitative estimate of drug-likeness (QED) is 0.322. The van der Waals surface area contributed by atoms with Gasteiger partial charge in [0.15, 0.2) is 5.96 Å². The maximum Gasteiger partial charge on any atom is 0.191 e. The monoisotopic (exact) mass is 539 g/mol. The molecule has 0 saturated carbocycles. The second-order valence-electron chi connectivity index (χ2n) is 8.09. The number of halogens is 1. The summed E-state index contributed by atoms with van der Waals surface area (Å²) >= 11 is 0. The lowest BCUT2D eigenvalue weighted by atomic mass is 10.1. The third kappa shape index (κ3) is 6.92. The van der Waals surface area contributed by atoms with Crippen molar-refractivity contribution in [3.05, 3.63) is 47.3 Å². The zero-order valence-corrected chi connectivity index (χ0v) is 21.9. The van der Waals surface area contributed by atoms with E-state index in [-0.39, 0.29) is 24.0 Å². The van der Waals surface area contributed by atoms with Crippen LogP contribution in [0.15, 0.2) is 35.3 Å². The highest BCUT2D eigenvalue weighted by molar-refractivity contribution is 14.0. The second-order valence-corrected chi connectivity index (χ2v) is 8.09. The first kappa shape index (κ1) is 25.6. The number of nitrogens with one attached hydrogen (secondary N) is 2. The van der Waals surface area contributed by atoms with Crippen LogP contribution in [0, 0.1) is 13.8 Å². The minimum absolute atomic E-state index is 0. The van der Waals surface area contributed by atoms with Crippen molar-refractivity contribution >= 4 is 29.9 Å². The van der Waals surface area contributed by atoms with Gasteiger partial charge in [-0.1, -0.05) is 25.1 Å². The van der Waals surface area contributed by atoms with Crippen LogP contribution in [-0.2, 0) is 6.54 Å². The summed E-state index contributed by atoms with van der Waals surface area (Å²) in [6, 6.07) is 11.0. The first-order valence-electron chi connectivity index (χ1n) is 11.0. The molecule has 1 fully saturated rings. The summed E-state index contributed by atoms with van der Waals surface area (Å²) in [6.45, 7) is 16.0. The van der Waals surface area contributed by atoms with E-state index < -0.39 is 0 Å². The SMILES string of the molecule is CCN1CCN(C(C)CNC(=NC)NCc2ccccc2-n2nc(C)cc2C)CC1.I. The van der Waals surface area contributed by atoms with Crippen molar-refractivity contribution in [2.75, 3.05) is 46.3 Å². The maximum absolute atomic E-state index is 4.65. The van der Waals surface area contributed by atoms with E-state index in [0.29, 0.717) is 12.6 Å². The fraction of sp³-hybridized carbons (Fsp3) is 0.565. The van der Waals surface area contributed by atoms with Crippen molar-refractivity contribution in [1.29, 1.82) is 0 Å². The van der Waals surface area contributed by atoms with Gasteiger partial charge in [-0.15, -0.1) is 24.0 Å². The van der Waals surface area contributed by atoms with Gasteiger partial charge in [0.25, 0.3) is 0 Å². The molecule has 8 heteroatoms. The summed E-state index contributed by atoms with van der Waals surface area (Å²) in [6.07, 6.45) is 0. The molecule has 1 atom stereocenters. The zero-order valence-electron chi connectivity index (χ0n) is 19.6. The van der Waals surface area contributed by atoms with Crippen LogP contribution in [0.3, 0.4) is 0 Å². The van der Waals surface area contributed by atoms with Gasteiger partial charge >= 0.3 is 0 Å². The Bertz CT molecular complexity index is 840. The van der Waals surface area contributed by atoms with Crippen molar-refractivity contribution in [3.8, 4) is 5.69 Å². The Labute approximate surface area is 204 Å². The average molecular weight is 540 g/mol. The molecule has 7 nitrogen and oxygen atoms in total. The van der Waals surface area contributed by atoms with Crippen LogP contribution in [0.4, 0.5) is 0 Å². The number of para-hydroxylation sites is 1. The van der Waals surface area contributed by atoms with Gasteiger partial charge in [-0.2, -0.15) is 5.10 Å². The van der Waals surface area contributed by atoms with Gasteiger partial charge in [-0.3, -0.25) is 9.89 Å². The molecule has 1 aromatic heterocycles. The van der Waals surface area contributed by atoms with Crippen LogP contribution in [-0.4, -0.2) is 77.9 Å². The van der Waals surface area contributed by atoms with Crippen molar-refractivity contribution in [2.45, 2.75) is 40.3 Å². The minimum atomic E-state index is 0. The molecule has 0 amide bonds.